The van der Waals surface area contributed by atoms with E-state index in [1.165, 1.54) is 23.8 Å². The molecule has 1 heterocycles. The van der Waals surface area contributed by atoms with Crippen molar-refractivity contribution < 1.29 is 28.5 Å². The van der Waals surface area contributed by atoms with Crippen LogP contribution in [0.15, 0.2) is 42.5 Å². The number of ether oxygens (including phenoxy) is 1. The van der Waals surface area contributed by atoms with Crippen LogP contribution in [0.2, 0.25) is 0 Å². The van der Waals surface area contributed by atoms with E-state index in [0.29, 0.717) is 0 Å². The first kappa shape index (κ1) is 26.4. The first-order valence-electron chi connectivity index (χ1n) is 9.04. The molecule has 0 amide bonds. The lowest BCUT2D eigenvalue weighted by Crippen LogP contribution is -2.11. The molecule has 0 aliphatic carbocycles. The van der Waals surface area contributed by atoms with Gasteiger partial charge in [-0.15, -0.1) is 0 Å². The highest BCUT2D eigenvalue weighted by atomic mass is 19.1. The van der Waals surface area contributed by atoms with E-state index in [-0.39, 0.29) is 24.7 Å². The maximum absolute atomic E-state index is 12.8. The van der Waals surface area contributed by atoms with Crippen LogP contribution in [0.5, 0.6) is 5.75 Å². The van der Waals surface area contributed by atoms with Gasteiger partial charge in [0, 0.05) is 18.7 Å². The second-order valence-corrected chi connectivity index (χ2v) is 6.00. The first-order valence-corrected chi connectivity index (χ1v) is 9.04. The quantitative estimate of drug-likeness (QED) is 0.580. The van der Waals surface area contributed by atoms with Gasteiger partial charge in [0.05, 0.1) is 13.2 Å². The van der Waals surface area contributed by atoms with E-state index in [2.05, 4.69) is 17.6 Å². The number of nitrogens with one attached hydrogen (secondary N) is 2. The normalized spacial score (nSPS) is 14.2. The van der Waals surface area contributed by atoms with Gasteiger partial charge in [-0.1, -0.05) is 23.8 Å². The van der Waals surface area contributed by atoms with Crippen LogP contribution < -0.4 is 15.4 Å². The van der Waals surface area contributed by atoms with Crippen LogP contribution in [0.4, 0.5) is 8.78 Å². The van der Waals surface area contributed by atoms with E-state index in [1.807, 2.05) is 24.3 Å². The molecular weight excluding hydrogens is 382 g/mol. The molecule has 0 bridgehead atoms. The third-order valence-electron chi connectivity index (χ3n) is 3.71. The van der Waals surface area contributed by atoms with Gasteiger partial charge in [0.15, 0.2) is 0 Å². The molecule has 162 valence electrons. The van der Waals surface area contributed by atoms with E-state index >= 15 is 0 Å². The summed E-state index contributed by atoms with van der Waals surface area (Å²) in [7, 11) is 3.32. The molecule has 1 atom stereocenters. The monoisotopic (exact) mass is 412 g/mol. The number of β-amino-alcohol motifs (C(OH)–C–C–N with tert-alkyl or cyclic N) is 1. The molecular formula is C21H30F2N2O4. The topological polar surface area (TPSA) is 90.8 Å². The zero-order valence-electron chi connectivity index (χ0n) is 17.0. The molecule has 6 nitrogen and oxygen atoms in total. The van der Waals surface area contributed by atoms with Gasteiger partial charge in [-0.25, -0.2) is 8.78 Å². The van der Waals surface area contributed by atoms with E-state index in [4.69, 9.17) is 19.7 Å². The fourth-order valence-electron chi connectivity index (χ4n) is 2.19. The van der Waals surface area contributed by atoms with E-state index < -0.39 is 11.6 Å². The van der Waals surface area contributed by atoms with Crippen LogP contribution in [0.3, 0.4) is 0 Å². The van der Waals surface area contributed by atoms with Crippen molar-refractivity contribution in [2.24, 2.45) is 0 Å². The highest BCUT2D eigenvalue weighted by molar-refractivity contribution is 5.32. The Hall–Kier alpha value is -2.55. The summed E-state index contributed by atoms with van der Waals surface area (Å²) in [6.07, 6.45) is 0.866. The minimum absolute atomic E-state index is 0.0648. The number of aliphatic hydroxyl groups excluding tert-OH is 1. The lowest BCUT2D eigenvalue weighted by atomic mass is 10.2. The molecule has 0 radical (unpaired) electrons. The van der Waals surface area contributed by atoms with Gasteiger partial charge in [0.25, 0.3) is 6.47 Å². The number of hydrogen-bond donors (Lipinski definition) is 4. The third-order valence-corrected chi connectivity index (χ3v) is 3.71. The average molecular weight is 412 g/mol. The molecule has 4 N–H and O–H groups in total. The van der Waals surface area contributed by atoms with Gasteiger partial charge in [-0.05, 0) is 51.2 Å². The van der Waals surface area contributed by atoms with Gasteiger partial charge in [-0.2, -0.15) is 0 Å². The number of aryl methyl sites for hydroxylation is 1. The maximum atomic E-state index is 12.8. The number of rotatable bonds is 3. The minimum atomic E-state index is -0.501. The van der Waals surface area contributed by atoms with Gasteiger partial charge in [-0.3, -0.25) is 4.79 Å². The van der Waals surface area contributed by atoms with Crippen LogP contribution in [-0.4, -0.2) is 50.0 Å². The summed E-state index contributed by atoms with van der Waals surface area (Å²) in [4.78, 5) is 8.36. The van der Waals surface area contributed by atoms with E-state index in [9.17, 15) is 8.78 Å². The molecule has 3 rings (SSSR count). The fourth-order valence-corrected chi connectivity index (χ4v) is 2.19. The molecule has 8 heteroatoms. The Morgan fingerprint density at radius 1 is 1.21 bits per heavy atom. The zero-order chi connectivity index (χ0) is 22.1. The summed E-state index contributed by atoms with van der Waals surface area (Å²) in [5.74, 6) is -0.0840. The molecule has 1 saturated heterocycles. The van der Waals surface area contributed by atoms with Crippen molar-refractivity contribution in [3.8, 4) is 5.75 Å². The average Bonchev–Trinajstić information content (AvgIpc) is 3.18. The number of carbonyl (C=O) groups is 1. The van der Waals surface area contributed by atoms with Crippen molar-refractivity contribution in [1.82, 2.24) is 10.6 Å². The summed E-state index contributed by atoms with van der Waals surface area (Å²) in [6, 6.07) is 11.8. The molecule has 0 aromatic heterocycles. The van der Waals surface area contributed by atoms with Crippen molar-refractivity contribution in [3.63, 3.8) is 0 Å². The number of hydrogen-bond acceptors (Lipinski definition) is 5. The molecule has 1 fully saturated rings. The third kappa shape index (κ3) is 12.5. The second kappa shape index (κ2) is 16.4. The summed E-state index contributed by atoms with van der Waals surface area (Å²) >= 11 is 0. The van der Waals surface area contributed by atoms with Gasteiger partial charge < -0.3 is 25.6 Å². The first-order chi connectivity index (χ1) is 13.9. The van der Waals surface area contributed by atoms with Crippen molar-refractivity contribution in [3.05, 3.63) is 65.2 Å². The molecule has 29 heavy (non-hydrogen) atoms. The summed E-state index contributed by atoms with van der Waals surface area (Å²) in [6.45, 7) is 3.80. The van der Waals surface area contributed by atoms with Crippen molar-refractivity contribution in [1.29, 1.82) is 0 Å². The lowest BCUT2D eigenvalue weighted by molar-refractivity contribution is -0.122. The van der Waals surface area contributed by atoms with Crippen LogP contribution >= 0.6 is 0 Å². The fraction of sp³-hybridized carbons (Fsp3) is 0.381. The molecule has 1 aliphatic rings. The van der Waals surface area contributed by atoms with Crippen LogP contribution in [-0.2, 0) is 11.3 Å². The van der Waals surface area contributed by atoms with Crippen molar-refractivity contribution >= 4 is 6.47 Å². The molecule has 2 aromatic rings. The van der Waals surface area contributed by atoms with Crippen LogP contribution in [0.1, 0.15) is 17.5 Å². The molecule has 1 unspecified atom stereocenters. The SMILES string of the molecule is CNCc1c(F)cccc1F.COc1ccc(C)cc1.O=CO.OC1CCNC1. The van der Waals surface area contributed by atoms with Gasteiger partial charge in [0.1, 0.15) is 17.4 Å². The molecule has 0 saturated carbocycles. The summed E-state index contributed by atoms with van der Waals surface area (Å²) in [5, 5.41) is 21.3. The largest absolute Gasteiger partial charge is 0.497 e. The van der Waals surface area contributed by atoms with E-state index in [0.717, 1.165) is 25.3 Å². The zero-order valence-corrected chi connectivity index (χ0v) is 17.0. The Morgan fingerprint density at radius 2 is 1.76 bits per heavy atom. The second-order valence-electron chi connectivity index (χ2n) is 6.00. The predicted octanol–water partition coefficient (Wildman–Crippen LogP) is 2.73. The molecule has 0 spiro atoms. The molecule has 2 aromatic carbocycles. The standard InChI is InChI=1S/C8H9F2N.C8H10O.C4H9NO.CH2O2/c1-11-5-6-7(9)3-2-4-8(6)10;1-7-3-5-8(9-2)6-4-7;6-4-1-2-5-3-4;2-1-3/h2-4,11H,5H2,1H3;3-6H,1-2H3;4-6H,1-3H2;1H,(H,2,3). The summed E-state index contributed by atoms with van der Waals surface area (Å²) in [5.41, 5.74) is 1.35. The number of benzene rings is 2. The Balaban J connectivity index is 0.000000392. The van der Waals surface area contributed by atoms with Gasteiger partial charge in [0.2, 0.25) is 0 Å². The maximum Gasteiger partial charge on any atom is 0.290 e. The van der Waals surface area contributed by atoms with Crippen LogP contribution in [0, 0.1) is 18.6 Å². The Bertz CT molecular complexity index is 659. The Labute approximate surface area is 170 Å². The predicted molar refractivity (Wildman–Crippen MR) is 109 cm³/mol. The number of carboxylic acid groups (broad SMARTS) is 1. The lowest BCUT2D eigenvalue weighted by Gasteiger charge is -2.02. The van der Waals surface area contributed by atoms with Crippen molar-refractivity contribution in [2.45, 2.75) is 26.0 Å². The molecule has 1 aliphatic heterocycles. The highest BCUT2D eigenvalue weighted by Crippen LogP contribution is 2.11. The number of halogens is 2. The Kier molecular flexibility index (Phi) is 15.0. The van der Waals surface area contributed by atoms with E-state index in [1.54, 1.807) is 14.2 Å². The number of methoxy groups -OCH3 is 1. The Morgan fingerprint density at radius 3 is 2.10 bits per heavy atom. The number of aliphatic hydroxyl groups is 1. The van der Waals surface area contributed by atoms with Gasteiger partial charge >= 0.3 is 0 Å². The minimum Gasteiger partial charge on any atom is -0.497 e. The smallest absolute Gasteiger partial charge is 0.290 e. The van der Waals surface area contributed by atoms with Crippen molar-refractivity contribution in [2.75, 3.05) is 27.2 Å². The summed E-state index contributed by atoms with van der Waals surface area (Å²) < 4.78 is 30.5. The highest BCUT2D eigenvalue weighted by Gasteiger charge is 2.08. The van der Waals surface area contributed by atoms with Crippen LogP contribution in [0.25, 0.3) is 0 Å².